The number of hydrogen-bond donors (Lipinski definition) is 2. The first kappa shape index (κ1) is 47.0. The van der Waals surface area contributed by atoms with Crippen molar-refractivity contribution in [1.82, 2.24) is 4.90 Å². The number of aliphatic hydroxyl groups is 2. The first-order chi connectivity index (χ1) is 31.6. The normalized spacial score (nSPS) is 22.4. The summed E-state index contributed by atoms with van der Waals surface area (Å²) in [6.07, 6.45) is 8.48. The van der Waals surface area contributed by atoms with Gasteiger partial charge in [0, 0.05) is 49.8 Å². The van der Waals surface area contributed by atoms with Gasteiger partial charge in [-0.25, -0.2) is 4.79 Å². The number of benzene rings is 4. The molecule has 4 aromatic rings. The Kier molecular flexibility index (Phi) is 15.7. The molecule has 1 aliphatic heterocycles. The van der Waals surface area contributed by atoms with E-state index in [1.54, 1.807) is 11.0 Å². The fourth-order valence-electron chi connectivity index (χ4n) is 9.79. The summed E-state index contributed by atoms with van der Waals surface area (Å²) in [5.74, 6) is -0.151. The zero-order chi connectivity index (χ0) is 45.9. The van der Waals surface area contributed by atoms with Crippen LogP contribution in [0.25, 0.3) is 0 Å². The van der Waals surface area contributed by atoms with Gasteiger partial charge in [-0.05, 0) is 123 Å². The zero-order valence-corrected chi connectivity index (χ0v) is 37.6. The lowest BCUT2D eigenvalue weighted by Gasteiger charge is -2.59. The number of carbonyl (C=O) groups excluding carboxylic acids is 1. The molecule has 3 aliphatic rings. The summed E-state index contributed by atoms with van der Waals surface area (Å²) in [6.45, 7) is 10.9. The van der Waals surface area contributed by atoms with Crippen LogP contribution in [-0.4, -0.2) is 70.0 Å². The molecule has 13 nitrogen and oxygen atoms in total. The van der Waals surface area contributed by atoms with Crippen molar-refractivity contribution in [2.45, 2.75) is 96.5 Å². The van der Waals surface area contributed by atoms with Crippen molar-refractivity contribution in [2.24, 2.45) is 22.9 Å². The average Bonchev–Trinajstić information content (AvgIpc) is 3.30. The number of oxime groups is 1. The first-order valence-corrected chi connectivity index (χ1v) is 22.8. The van der Waals surface area contributed by atoms with Crippen molar-refractivity contribution in [3.05, 3.63) is 148 Å². The maximum atomic E-state index is 14.7. The molecular weight excluding hydrogens is 827 g/mol. The number of nitro groups is 1. The Morgan fingerprint density at radius 2 is 1.65 bits per heavy atom. The number of ether oxygens (including phenoxy) is 4. The molecular formula is C52H61N3O10. The van der Waals surface area contributed by atoms with Crippen molar-refractivity contribution >= 4 is 17.5 Å². The fourth-order valence-corrected chi connectivity index (χ4v) is 9.79. The van der Waals surface area contributed by atoms with Crippen molar-refractivity contribution in [2.75, 3.05) is 26.4 Å². The molecule has 2 N–H and O–H groups in total. The van der Waals surface area contributed by atoms with Gasteiger partial charge in [0.2, 0.25) is 5.79 Å². The second-order valence-electron chi connectivity index (χ2n) is 17.2. The largest absolute Gasteiger partial charge is 0.459 e. The molecule has 65 heavy (non-hydrogen) atoms. The molecule has 0 saturated heterocycles. The molecule has 1 fully saturated rings. The highest BCUT2D eigenvalue weighted by Gasteiger charge is 2.65. The second kappa shape index (κ2) is 21.8. The number of nitro benzene ring substituents is 1. The van der Waals surface area contributed by atoms with E-state index in [2.05, 4.69) is 32.6 Å². The van der Waals surface area contributed by atoms with E-state index in [9.17, 15) is 25.1 Å². The molecule has 6 unspecified atom stereocenters. The number of amides is 1. The number of unbranched alkanes of at least 4 members (excludes halogenated alkanes) is 2. The fraction of sp³-hybridized carbons (Fsp3) is 0.423. The molecule has 13 heteroatoms. The van der Waals surface area contributed by atoms with Crippen molar-refractivity contribution in [3.8, 4) is 23.0 Å². The van der Waals surface area contributed by atoms with Crippen LogP contribution in [0.1, 0.15) is 86.5 Å². The van der Waals surface area contributed by atoms with Gasteiger partial charge in [0.15, 0.2) is 0 Å². The van der Waals surface area contributed by atoms with Gasteiger partial charge in [0.05, 0.1) is 23.2 Å². The van der Waals surface area contributed by atoms with E-state index in [1.807, 2.05) is 67.6 Å². The van der Waals surface area contributed by atoms with Crippen LogP contribution in [0.2, 0.25) is 0 Å². The highest BCUT2D eigenvalue weighted by molar-refractivity contribution is 6.03. The lowest BCUT2D eigenvalue weighted by Crippen LogP contribution is -2.70. The first-order valence-electron chi connectivity index (χ1n) is 22.8. The van der Waals surface area contributed by atoms with Crippen LogP contribution >= 0.6 is 0 Å². The molecule has 2 aliphatic carbocycles. The Labute approximate surface area is 381 Å². The predicted molar refractivity (Wildman–Crippen MR) is 248 cm³/mol. The Hall–Kier alpha value is -6.02. The smallest absolute Gasteiger partial charge is 0.415 e. The topological polar surface area (TPSA) is 162 Å². The van der Waals surface area contributed by atoms with Gasteiger partial charge in [0.25, 0.3) is 5.69 Å². The Morgan fingerprint density at radius 1 is 0.938 bits per heavy atom. The van der Waals surface area contributed by atoms with Crippen LogP contribution in [0.4, 0.5) is 10.5 Å². The Bertz CT molecular complexity index is 2330. The van der Waals surface area contributed by atoms with Gasteiger partial charge in [-0.3, -0.25) is 15.0 Å². The van der Waals surface area contributed by atoms with E-state index < -0.39 is 28.8 Å². The Balaban J connectivity index is 1.42. The van der Waals surface area contributed by atoms with Gasteiger partial charge < -0.3 is 34.0 Å². The number of aryl methyl sites for hydroxylation is 2. The number of hydrogen-bond acceptors (Lipinski definition) is 11. The second-order valence-corrected chi connectivity index (χ2v) is 17.2. The molecule has 0 aromatic heterocycles. The van der Waals surface area contributed by atoms with E-state index in [-0.39, 0.29) is 68.6 Å². The molecule has 1 saturated carbocycles. The standard InChI is InChI=1S/C52H61N3O10/c1-5-26-54(51(58)64-40-22-19-39(20-23-40)55(59)60)48-33-46(53-62-34-37-14-8-7-9-15-37)44-31-38(16-10-12-27-56)43(17-11-13-28-57)49-45-32-42(63-41-21-18-35(3)36(4)30-41)24-25-47(45)65-52(48,50(44)49)61-29-6-2/h6-9,14-15,18-25,30-32,38,43,48-50,56-57H,2,5,10-13,16-17,26-29,33-34H2,1,3-4H3. The third-order valence-corrected chi connectivity index (χ3v) is 12.9. The van der Waals surface area contributed by atoms with E-state index in [4.69, 9.17) is 28.9 Å². The molecule has 4 aromatic carbocycles. The third-order valence-electron chi connectivity index (χ3n) is 12.9. The van der Waals surface area contributed by atoms with Gasteiger partial charge in [-0.1, -0.05) is 73.5 Å². The summed E-state index contributed by atoms with van der Waals surface area (Å²) in [5, 5.41) is 36.3. The summed E-state index contributed by atoms with van der Waals surface area (Å²) in [4.78, 5) is 33.5. The van der Waals surface area contributed by atoms with Crippen molar-refractivity contribution in [3.63, 3.8) is 0 Å². The molecule has 1 heterocycles. The van der Waals surface area contributed by atoms with E-state index in [0.29, 0.717) is 42.2 Å². The van der Waals surface area contributed by atoms with Gasteiger partial charge in [-0.15, -0.1) is 6.58 Å². The summed E-state index contributed by atoms with van der Waals surface area (Å²) >= 11 is 0. The van der Waals surface area contributed by atoms with Crippen LogP contribution in [0.3, 0.4) is 0 Å². The predicted octanol–water partition coefficient (Wildman–Crippen LogP) is 10.7. The zero-order valence-electron chi connectivity index (χ0n) is 37.6. The summed E-state index contributed by atoms with van der Waals surface area (Å²) in [5.41, 5.74) is 5.58. The average molecular weight is 888 g/mol. The maximum Gasteiger partial charge on any atom is 0.415 e. The number of rotatable bonds is 21. The summed E-state index contributed by atoms with van der Waals surface area (Å²) in [6, 6.07) is 26.3. The lowest BCUT2D eigenvalue weighted by atomic mass is 9.55. The van der Waals surface area contributed by atoms with Gasteiger partial charge >= 0.3 is 6.09 Å². The lowest BCUT2D eigenvalue weighted by molar-refractivity contribution is -0.384. The van der Waals surface area contributed by atoms with Gasteiger partial charge in [-0.2, -0.15) is 0 Å². The Morgan fingerprint density at radius 3 is 2.34 bits per heavy atom. The van der Waals surface area contributed by atoms with E-state index >= 15 is 0 Å². The minimum atomic E-state index is -1.50. The molecule has 0 radical (unpaired) electrons. The van der Waals surface area contributed by atoms with E-state index in [0.717, 1.165) is 53.5 Å². The number of fused-ring (bicyclic) bond motifs is 2. The monoisotopic (exact) mass is 887 g/mol. The highest BCUT2D eigenvalue weighted by Crippen LogP contribution is 2.62. The van der Waals surface area contributed by atoms with Gasteiger partial charge in [0.1, 0.15) is 35.6 Å². The number of carbonyl (C=O) groups is 1. The SMILES string of the molecule is C=CCOC12Oc3ccc(Oc4ccc(C)c(C)c4)cc3C3C(CCCCO)C(CCCCO)C=C(C(=NOCc4ccccc4)CC1N(CCC)C(=O)Oc1ccc([N+](=O)[O-])cc1)C32. The van der Waals surface area contributed by atoms with Crippen molar-refractivity contribution in [1.29, 1.82) is 0 Å². The van der Waals surface area contributed by atoms with Crippen LogP contribution < -0.4 is 14.2 Å². The third kappa shape index (κ3) is 10.6. The van der Waals surface area contributed by atoms with Crippen molar-refractivity contribution < 1.29 is 43.7 Å². The maximum absolute atomic E-state index is 14.7. The molecule has 1 amide bonds. The van der Waals surface area contributed by atoms with E-state index in [1.165, 1.54) is 24.3 Å². The molecule has 6 atom stereocenters. The quantitative estimate of drug-likeness (QED) is 0.0356. The summed E-state index contributed by atoms with van der Waals surface area (Å²) < 4.78 is 27.0. The summed E-state index contributed by atoms with van der Waals surface area (Å²) in [7, 11) is 0. The number of nitrogens with zero attached hydrogens (tertiary/aromatic N) is 3. The number of allylic oxidation sites excluding steroid dienone is 1. The number of aliphatic hydroxyl groups excluding tert-OH is 2. The van der Waals surface area contributed by atoms with Crippen LogP contribution in [-0.2, 0) is 16.2 Å². The van der Waals surface area contributed by atoms with Crippen LogP contribution in [0, 0.1) is 41.7 Å². The molecule has 344 valence electrons. The van der Waals surface area contributed by atoms with Crippen LogP contribution in [0.5, 0.6) is 23.0 Å². The molecule has 7 rings (SSSR count). The molecule has 0 bridgehead atoms. The molecule has 0 spiro atoms. The number of non-ortho nitro benzene ring substituents is 1. The minimum Gasteiger partial charge on any atom is -0.459 e. The minimum absolute atomic E-state index is 0.0112. The van der Waals surface area contributed by atoms with Crippen LogP contribution in [0.15, 0.2) is 120 Å². The highest BCUT2D eigenvalue weighted by atomic mass is 16.7.